The maximum absolute atomic E-state index is 2.59. The molecule has 1 fully saturated rings. The quantitative estimate of drug-likeness (QED) is 0.356. The Morgan fingerprint density at radius 3 is 2.55 bits per heavy atom. The summed E-state index contributed by atoms with van der Waals surface area (Å²) in [4.78, 5) is 2.50. The average Bonchev–Trinajstić information content (AvgIpc) is 2.07. The molecule has 0 aliphatic carbocycles. The van der Waals surface area contributed by atoms with Crippen molar-refractivity contribution < 1.29 is 0 Å². The van der Waals surface area contributed by atoms with E-state index in [1.54, 1.807) is 0 Å². The lowest BCUT2D eigenvalue weighted by atomic mass is 10.1. The van der Waals surface area contributed by atoms with Gasteiger partial charge in [-0.1, -0.05) is 45.2 Å². The summed E-state index contributed by atoms with van der Waals surface area (Å²) in [6, 6.07) is 0.750. The number of halogens is 2. The minimum atomic E-state index is 0.750. The number of likely N-dealkylation sites (tertiary alicyclic amines) is 1. The van der Waals surface area contributed by atoms with Gasteiger partial charge in [0.05, 0.1) is 4.05 Å². The molecule has 0 N–H and O–H groups in total. The van der Waals surface area contributed by atoms with Gasteiger partial charge in [-0.05, 0) is 33.2 Å². The summed E-state index contributed by atoms with van der Waals surface area (Å²) < 4.78 is 1.60. The number of nitrogens with zero attached hydrogens (tertiary/aromatic N) is 1. The molecule has 0 aromatic rings. The summed E-state index contributed by atoms with van der Waals surface area (Å²) in [5, 5.41) is 0. The fraction of sp³-hybridized carbons (Fsp3) is 1.00. The lowest BCUT2D eigenvalue weighted by Crippen LogP contribution is -2.37. The van der Waals surface area contributed by atoms with E-state index in [1.807, 2.05) is 0 Å². The Balaban J connectivity index is 2.58. The second-order valence-electron chi connectivity index (χ2n) is 3.29. The zero-order chi connectivity index (χ0) is 8.43. The van der Waals surface area contributed by atoms with Crippen LogP contribution in [-0.2, 0) is 0 Å². The van der Waals surface area contributed by atoms with Gasteiger partial charge in [0.1, 0.15) is 0 Å². The molecule has 0 saturated carbocycles. The Bertz CT molecular complexity index is 115. The highest BCUT2D eigenvalue weighted by Gasteiger charge is 2.26. The normalized spacial score (nSPS) is 42.0. The molecular weight excluding hydrogens is 364 g/mol. The van der Waals surface area contributed by atoms with E-state index in [0.717, 1.165) is 14.0 Å². The van der Waals surface area contributed by atoms with Gasteiger partial charge in [0.25, 0.3) is 0 Å². The van der Waals surface area contributed by atoms with Crippen molar-refractivity contribution in [3.63, 3.8) is 0 Å². The largest absolute Gasteiger partial charge is 0.291 e. The van der Waals surface area contributed by atoms with Crippen molar-refractivity contribution in [1.82, 2.24) is 4.90 Å². The molecule has 1 rings (SSSR count). The van der Waals surface area contributed by atoms with Gasteiger partial charge in [-0.25, -0.2) is 0 Å². The predicted octanol–water partition coefficient (Wildman–Crippen LogP) is 3.06. The minimum absolute atomic E-state index is 0.750. The topological polar surface area (TPSA) is 3.24 Å². The predicted molar refractivity (Wildman–Crippen MR) is 66.7 cm³/mol. The Labute approximate surface area is 96.6 Å². The SMILES string of the molecule is CC1C(I)CCCC(I)N1C. The lowest BCUT2D eigenvalue weighted by molar-refractivity contribution is 0.261. The number of hydrogen-bond donors (Lipinski definition) is 0. The molecule has 3 atom stereocenters. The monoisotopic (exact) mass is 379 g/mol. The van der Waals surface area contributed by atoms with Gasteiger partial charge in [-0.3, -0.25) is 4.90 Å². The average molecular weight is 379 g/mol. The molecule has 1 saturated heterocycles. The number of rotatable bonds is 0. The van der Waals surface area contributed by atoms with E-state index in [1.165, 1.54) is 19.3 Å². The highest BCUT2D eigenvalue weighted by molar-refractivity contribution is 14.1. The first-order valence-electron chi connectivity index (χ1n) is 4.13. The van der Waals surface area contributed by atoms with E-state index in [9.17, 15) is 0 Å². The van der Waals surface area contributed by atoms with Gasteiger partial charge in [0.15, 0.2) is 0 Å². The third-order valence-corrected chi connectivity index (χ3v) is 5.70. The molecule has 0 bridgehead atoms. The molecule has 66 valence electrons. The zero-order valence-electron chi connectivity index (χ0n) is 7.06. The lowest BCUT2D eigenvalue weighted by Gasteiger charge is -2.29. The molecule has 0 aromatic heterocycles. The van der Waals surface area contributed by atoms with Gasteiger partial charge in [-0.15, -0.1) is 0 Å². The summed E-state index contributed by atoms with van der Waals surface area (Å²) in [5.41, 5.74) is 0. The highest BCUT2D eigenvalue weighted by Crippen LogP contribution is 2.28. The van der Waals surface area contributed by atoms with Gasteiger partial charge >= 0.3 is 0 Å². The molecule has 0 aromatic carbocycles. The van der Waals surface area contributed by atoms with Crippen LogP contribution in [0.15, 0.2) is 0 Å². The standard InChI is InChI=1S/C8H15I2N/c1-6-7(9)4-3-5-8(10)11(6)2/h6-8H,3-5H2,1-2H3. The van der Waals surface area contributed by atoms with Crippen molar-refractivity contribution in [2.75, 3.05) is 7.05 Å². The molecule has 0 radical (unpaired) electrons. The molecule has 0 spiro atoms. The maximum Gasteiger partial charge on any atom is 0.0618 e. The van der Waals surface area contributed by atoms with Crippen LogP contribution >= 0.6 is 45.2 Å². The molecule has 1 aliphatic heterocycles. The van der Waals surface area contributed by atoms with Crippen molar-refractivity contribution in [3.05, 3.63) is 0 Å². The Morgan fingerprint density at radius 1 is 1.27 bits per heavy atom. The second-order valence-corrected chi connectivity index (χ2v) is 6.33. The summed E-state index contributed by atoms with van der Waals surface area (Å²) in [7, 11) is 2.25. The third-order valence-electron chi connectivity index (χ3n) is 2.53. The summed E-state index contributed by atoms with van der Waals surface area (Å²) in [6.45, 7) is 2.34. The van der Waals surface area contributed by atoms with Gasteiger partial charge in [0.2, 0.25) is 0 Å². The van der Waals surface area contributed by atoms with Crippen LogP contribution in [0.25, 0.3) is 0 Å². The zero-order valence-corrected chi connectivity index (χ0v) is 11.4. The van der Waals surface area contributed by atoms with Crippen molar-refractivity contribution >= 4 is 45.2 Å². The second kappa shape index (κ2) is 4.60. The third kappa shape index (κ3) is 2.69. The molecule has 3 heteroatoms. The van der Waals surface area contributed by atoms with Crippen LogP contribution in [0, 0.1) is 0 Å². The van der Waals surface area contributed by atoms with Crippen LogP contribution in [0.2, 0.25) is 0 Å². The van der Waals surface area contributed by atoms with Crippen molar-refractivity contribution in [2.45, 2.75) is 40.2 Å². The fourth-order valence-corrected chi connectivity index (χ4v) is 3.33. The van der Waals surface area contributed by atoms with Crippen LogP contribution in [0.3, 0.4) is 0 Å². The number of alkyl halides is 2. The van der Waals surface area contributed by atoms with E-state index in [2.05, 4.69) is 64.1 Å². The van der Waals surface area contributed by atoms with Crippen molar-refractivity contribution in [1.29, 1.82) is 0 Å². The summed E-state index contributed by atoms with van der Waals surface area (Å²) >= 11 is 5.14. The molecule has 1 aliphatic rings. The van der Waals surface area contributed by atoms with Crippen LogP contribution in [0.1, 0.15) is 26.2 Å². The van der Waals surface area contributed by atoms with E-state index in [0.29, 0.717) is 0 Å². The molecular formula is C8H15I2N. The summed E-state index contributed by atoms with van der Waals surface area (Å²) in [6.07, 6.45) is 4.16. The van der Waals surface area contributed by atoms with Gasteiger partial charge in [-0.2, -0.15) is 0 Å². The van der Waals surface area contributed by atoms with E-state index in [-0.39, 0.29) is 0 Å². The number of hydrogen-bond acceptors (Lipinski definition) is 1. The van der Waals surface area contributed by atoms with E-state index < -0.39 is 0 Å². The van der Waals surface area contributed by atoms with Crippen LogP contribution in [0.5, 0.6) is 0 Å². The first kappa shape index (κ1) is 10.5. The van der Waals surface area contributed by atoms with Crippen LogP contribution < -0.4 is 0 Å². The first-order chi connectivity index (χ1) is 5.13. The van der Waals surface area contributed by atoms with Crippen LogP contribution in [0.4, 0.5) is 0 Å². The maximum atomic E-state index is 2.59. The fourth-order valence-electron chi connectivity index (χ4n) is 1.44. The highest BCUT2D eigenvalue weighted by atomic mass is 127. The van der Waals surface area contributed by atoms with Crippen LogP contribution in [-0.4, -0.2) is 26.0 Å². The van der Waals surface area contributed by atoms with Crippen molar-refractivity contribution in [2.24, 2.45) is 0 Å². The van der Waals surface area contributed by atoms with E-state index in [4.69, 9.17) is 0 Å². The molecule has 1 nitrogen and oxygen atoms in total. The molecule has 1 heterocycles. The first-order valence-corrected chi connectivity index (χ1v) is 6.62. The van der Waals surface area contributed by atoms with E-state index >= 15 is 0 Å². The minimum Gasteiger partial charge on any atom is -0.291 e. The Hall–Kier alpha value is 1.42. The molecule has 0 amide bonds. The molecule has 11 heavy (non-hydrogen) atoms. The Kier molecular flexibility index (Phi) is 4.39. The smallest absolute Gasteiger partial charge is 0.0618 e. The van der Waals surface area contributed by atoms with Gasteiger partial charge < -0.3 is 0 Å². The van der Waals surface area contributed by atoms with Gasteiger partial charge in [0, 0.05) is 9.97 Å². The van der Waals surface area contributed by atoms with Crippen molar-refractivity contribution in [3.8, 4) is 0 Å². The Morgan fingerprint density at radius 2 is 1.91 bits per heavy atom. The summed E-state index contributed by atoms with van der Waals surface area (Å²) in [5.74, 6) is 0. The molecule has 3 unspecified atom stereocenters.